The molecule has 1 aliphatic heterocycles. The molecule has 8 nitrogen and oxygen atoms in total. The Bertz CT molecular complexity index is 692. The third-order valence-corrected chi connectivity index (χ3v) is 5.47. The Morgan fingerprint density at radius 1 is 1.16 bits per heavy atom. The highest BCUT2D eigenvalue weighted by Crippen LogP contribution is 2.35. The number of guanidine groups is 1. The van der Waals surface area contributed by atoms with Gasteiger partial charge >= 0.3 is 0 Å². The molecule has 1 aromatic carbocycles. The number of likely N-dealkylation sites (N-methyl/N-ethyl adjacent to an activating group) is 1. The van der Waals surface area contributed by atoms with E-state index in [0.29, 0.717) is 39.1 Å². The molecule has 1 heterocycles. The minimum atomic E-state index is 0.472. The highest BCUT2D eigenvalue weighted by Gasteiger charge is 2.32. The zero-order chi connectivity index (χ0) is 21.9. The SMILES string of the molecule is COCCOCCCNC(=NCC(C1CC1)N(C)C)Nc1ccc2c(c1)OCCCO2. The van der Waals surface area contributed by atoms with Crippen LogP contribution in [-0.4, -0.2) is 84.2 Å². The molecule has 0 amide bonds. The molecule has 0 bridgehead atoms. The molecule has 1 unspecified atom stereocenters. The second-order valence-corrected chi connectivity index (χ2v) is 8.28. The number of methoxy groups -OCH3 is 1. The fourth-order valence-electron chi connectivity index (χ4n) is 3.54. The van der Waals surface area contributed by atoms with Crippen molar-refractivity contribution in [2.75, 3.05) is 72.6 Å². The smallest absolute Gasteiger partial charge is 0.195 e. The topological polar surface area (TPSA) is 76.6 Å². The van der Waals surface area contributed by atoms with Crippen molar-refractivity contribution in [3.8, 4) is 11.5 Å². The first-order valence-corrected chi connectivity index (χ1v) is 11.4. The number of nitrogens with one attached hydrogen (secondary N) is 2. The van der Waals surface area contributed by atoms with Crippen LogP contribution in [0.4, 0.5) is 5.69 Å². The fraction of sp³-hybridized carbons (Fsp3) is 0.696. The lowest BCUT2D eigenvalue weighted by Crippen LogP contribution is -2.36. The van der Waals surface area contributed by atoms with Crippen molar-refractivity contribution in [1.82, 2.24) is 10.2 Å². The normalized spacial score (nSPS) is 17.4. The first-order chi connectivity index (χ1) is 15.2. The summed E-state index contributed by atoms with van der Waals surface area (Å²) < 4.78 is 22.1. The van der Waals surface area contributed by atoms with E-state index in [9.17, 15) is 0 Å². The van der Waals surface area contributed by atoms with E-state index in [2.05, 4.69) is 29.6 Å². The van der Waals surface area contributed by atoms with Gasteiger partial charge in [0.05, 0.1) is 33.0 Å². The third kappa shape index (κ3) is 8.20. The molecule has 1 fully saturated rings. The van der Waals surface area contributed by atoms with Gasteiger partial charge in [0.2, 0.25) is 0 Å². The van der Waals surface area contributed by atoms with Crippen LogP contribution >= 0.6 is 0 Å². The zero-order valence-electron chi connectivity index (χ0n) is 19.2. The lowest BCUT2D eigenvalue weighted by atomic mass is 10.2. The van der Waals surface area contributed by atoms with Gasteiger partial charge in [-0.2, -0.15) is 0 Å². The maximum Gasteiger partial charge on any atom is 0.195 e. The third-order valence-electron chi connectivity index (χ3n) is 5.47. The van der Waals surface area contributed by atoms with Gasteiger partial charge in [0, 0.05) is 44.5 Å². The second-order valence-electron chi connectivity index (χ2n) is 8.28. The summed E-state index contributed by atoms with van der Waals surface area (Å²) in [7, 11) is 5.96. The predicted octanol–water partition coefficient (Wildman–Crippen LogP) is 2.60. The van der Waals surface area contributed by atoms with Crippen LogP contribution in [0.1, 0.15) is 25.7 Å². The molecule has 8 heteroatoms. The van der Waals surface area contributed by atoms with Crippen LogP contribution in [0.3, 0.4) is 0 Å². The highest BCUT2D eigenvalue weighted by atomic mass is 16.5. The average Bonchev–Trinajstić information content (AvgIpc) is 3.60. The molecule has 1 saturated carbocycles. The highest BCUT2D eigenvalue weighted by molar-refractivity contribution is 5.94. The van der Waals surface area contributed by atoms with Crippen molar-refractivity contribution in [2.24, 2.45) is 10.9 Å². The molecule has 1 aromatic rings. The fourth-order valence-corrected chi connectivity index (χ4v) is 3.54. The molecule has 1 atom stereocenters. The van der Waals surface area contributed by atoms with E-state index in [0.717, 1.165) is 55.0 Å². The maximum absolute atomic E-state index is 5.83. The second kappa shape index (κ2) is 12.7. The van der Waals surface area contributed by atoms with Crippen molar-refractivity contribution in [3.05, 3.63) is 18.2 Å². The van der Waals surface area contributed by atoms with Crippen LogP contribution in [0.15, 0.2) is 23.2 Å². The van der Waals surface area contributed by atoms with Gasteiger partial charge in [0.25, 0.3) is 0 Å². The van der Waals surface area contributed by atoms with E-state index in [-0.39, 0.29) is 0 Å². The molecule has 2 N–H and O–H groups in total. The number of fused-ring (bicyclic) bond motifs is 1. The Labute approximate surface area is 186 Å². The van der Waals surface area contributed by atoms with Gasteiger partial charge in [-0.25, -0.2) is 0 Å². The van der Waals surface area contributed by atoms with E-state index < -0.39 is 0 Å². The van der Waals surface area contributed by atoms with Crippen LogP contribution in [0.5, 0.6) is 11.5 Å². The van der Waals surface area contributed by atoms with Gasteiger partial charge in [0.1, 0.15) is 0 Å². The summed E-state index contributed by atoms with van der Waals surface area (Å²) in [5.74, 6) is 3.10. The lowest BCUT2D eigenvalue weighted by molar-refractivity contribution is 0.0699. The molecule has 0 saturated heterocycles. The molecule has 1 aliphatic carbocycles. The van der Waals surface area contributed by atoms with Crippen LogP contribution in [0.25, 0.3) is 0 Å². The average molecular weight is 435 g/mol. The first-order valence-electron chi connectivity index (χ1n) is 11.4. The van der Waals surface area contributed by atoms with Gasteiger partial charge < -0.3 is 34.5 Å². The molecule has 0 radical (unpaired) electrons. The molecular weight excluding hydrogens is 396 g/mol. The molecule has 0 spiro atoms. The summed E-state index contributed by atoms with van der Waals surface area (Å²) in [6, 6.07) is 6.41. The number of hydrogen-bond acceptors (Lipinski definition) is 6. The minimum absolute atomic E-state index is 0.472. The van der Waals surface area contributed by atoms with Crippen molar-refractivity contribution in [3.63, 3.8) is 0 Å². The van der Waals surface area contributed by atoms with E-state index in [1.165, 1.54) is 12.8 Å². The molecule has 31 heavy (non-hydrogen) atoms. The largest absolute Gasteiger partial charge is 0.490 e. The van der Waals surface area contributed by atoms with E-state index in [1.807, 2.05) is 18.2 Å². The number of rotatable bonds is 12. The molecule has 0 aromatic heterocycles. The number of aliphatic imine (C=N–C) groups is 1. The van der Waals surface area contributed by atoms with Gasteiger partial charge in [0.15, 0.2) is 17.5 Å². The van der Waals surface area contributed by atoms with Gasteiger partial charge in [-0.05, 0) is 51.4 Å². The molecule has 2 aliphatic rings. The van der Waals surface area contributed by atoms with Crippen LogP contribution < -0.4 is 20.1 Å². The molecule has 3 rings (SSSR count). The molecule has 174 valence electrons. The quantitative estimate of drug-likeness (QED) is 0.297. The van der Waals surface area contributed by atoms with E-state index >= 15 is 0 Å². The summed E-state index contributed by atoms with van der Waals surface area (Å²) in [5.41, 5.74) is 0.930. The van der Waals surface area contributed by atoms with Crippen molar-refractivity contribution < 1.29 is 18.9 Å². The van der Waals surface area contributed by atoms with Crippen LogP contribution in [0.2, 0.25) is 0 Å². The Kier molecular flexibility index (Phi) is 9.71. The summed E-state index contributed by atoms with van der Waals surface area (Å²) in [5, 5.41) is 6.88. The lowest BCUT2D eigenvalue weighted by Gasteiger charge is -2.23. The number of hydrogen-bond donors (Lipinski definition) is 2. The Morgan fingerprint density at radius 2 is 1.97 bits per heavy atom. The minimum Gasteiger partial charge on any atom is -0.490 e. The Balaban J connectivity index is 1.59. The van der Waals surface area contributed by atoms with Crippen molar-refractivity contribution >= 4 is 11.6 Å². The van der Waals surface area contributed by atoms with E-state index in [1.54, 1.807) is 7.11 Å². The van der Waals surface area contributed by atoms with Gasteiger partial charge in [-0.1, -0.05) is 0 Å². The number of nitrogens with zero attached hydrogens (tertiary/aromatic N) is 2. The van der Waals surface area contributed by atoms with Gasteiger partial charge in [-0.3, -0.25) is 4.99 Å². The van der Waals surface area contributed by atoms with Crippen LogP contribution in [-0.2, 0) is 9.47 Å². The first kappa shape index (κ1) is 23.6. The maximum atomic E-state index is 5.83. The molecular formula is C23H38N4O4. The summed E-state index contributed by atoms with van der Waals surface area (Å²) in [6.07, 6.45) is 4.39. The summed E-state index contributed by atoms with van der Waals surface area (Å²) in [6.45, 7) is 4.84. The zero-order valence-corrected chi connectivity index (χ0v) is 19.2. The summed E-state index contributed by atoms with van der Waals surface area (Å²) in [4.78, 5) is 7.19. The van der Waals surface area contributed by atoms with E-state index in [4.69, 9.17) is 23.9 Å². The standard InChI is InChI=1S/C23H38N4O4/c1-27(2)20(18-6-7-18)17-25-23(24-10-4-11-29-15-14-28-3)26-19-8-9-21-22(16-19)31-13-5-12-30-21/h8-9,16,18,20H,4-7,10-15,17H2,1-3H3,(H2,24,25,26). The number of benzene rings is 1. The number of ether oxygens (including phenoxy) is 4. The van der Waals surface area contributed by atoms with Crippen LogP contribution in [0, 0.1) is 5.92 Å². The number of anilines is 1. The van der Waals surface area contributed by atoms with Gasteiger partial charge in [-0.15, -0.1) is 0 Å². The summed E-state index contributed by atoms with van der Waals surface area (Å²) >= 11 is 0. The Morgan fingerprint density at radius 3 is 2.71 bits per heavy atom. The Hall–Kier alpha value is -2.03. The predicted molar refractivity (Wildman–Crippen MR) is 123 cm³/mol. The monoisotopic (exact) mass is 434 g/mol. The van der Waals surface area contributed by atoms with Crippen molar-refractivity contribution in [2.45, 2.75) is 31.7 Å². The van der Waals surface area contributed by atoms with Crippen molar-refractivity contribution in [1.29, 1.82) is 0 Å².